The lowest BCUT2D eigenvalue weighted by Gasteiger charge is -2.14. The predicted octanol–water partition coefficient (Wildman–Crippen LogP) is 4.62. The van der Waals surface area contributed by atoms with Crippen molar-refractivity contribution in [3.8, 4) is 0 Å². The van der Waals surface area contributed by atoms with Gasteiger partial charge in [-0.3, -0.25) is 0 Å². The third-order valence-electron chi connectivity index (χ3n) is 2.79. The minimum Gasteiger partial charge on any atom is -0.324 e. The van der Waals surface area contributed by atoms with E-state index in [1.165, 1.54) is 6.07 Å². The molecular formula is C14H19ClFN. The summed E-state index contributed by atoms with van der Waals surface area (Å²) in [6.45, 7) is 3.67. The standard InChI is InChI=1S/C14H19ClFN/c1-2-3-4-5-6-10-13(17)14-11(15)8-7-9-12(14)16/h2,7-9,13H,1,3-6,10,17H2. The van der Waals surface area contributed by atoms with Gasteiger partial charge in [-0.05, 0) is 31.4 Å². The van der Waals surface area contributed by atoms with Gasteiger partial charge in [0.2, 0.25) is 0 Å². The minimum atomic E-state index is -0.313. The van der Waals surface area contributed by atoms with Gasteiger partial charge in [0.1, 0.15) is 5.82 Å². The number of nitrogens with two attached hydrogens (primary N) is 1. The number of hydrogen-bond donors (Lipinski definition) is 1. The summed E-state index contributed by atoms with van der Waals surface area (Å²) in [5.74, 6) is -0.309. The molecule has 0 aliphatic heterocycles. The van der Waals surface area contributed by atoms with Crippen LogP contribution in [0.25, 0.3) is 0 Å². The molecule has 2 N–H and O–H groups in total. The first-order valence-electron chi connectivity index (χ1n) is 5.97. The highest BCUT2D eigenvalue weighted by Crippen LogP contribution is 2.27. The first kappa shape index (κ1) is 14.2. The fourth-order valence-corrected chi connectivity index (χ4v) is 2.14. The monoisotopic (exact) mass is 255 g/mol. The van der Waals surface area contributed by atoms with E-state index in [1.54, 1.807) is 12.1 Å². The van der Waals surface area contributed by atoms with Crippen molar-refractivity contribution in [3.05, 3.63) is 47.3 Å². The van der Waals surface area contributed by atoms with Gasteiger partial charge in [-0.25, -0.2) is 4.39 Å². The SMILES string of the molecule is C=CCCCCCC(N)c1c(F)cccc1Cl. The van der Waals surface area contributed by atoms with Gasteiger partial charge in [0.15, 0.2) is 0 Å². The van der Waals surface area contributed by atoms with Crippen LogP contribution in [0.5, 0.6) is 0 Å². The lowest BCUT2D eigenvalue weighted by Crippen LogP contribution is -2.12. The molecule has 0 saturated carbocycles. The van der Waals surface area contributed by atoms with Gasteiger partial charge < -0.3 is 5.73 Å². The van der Waals surface area contributed by atoms with Crippen LogP contribution in [0.1, 0.15) is 43.7 Å². The highest BCUT2D eigenvalue weighted by atomic mass is 35.5. The Labute approximate surface area is 107 Å². The first-order valence-corrected chi connectivity index (χ1v) is 6.35. The van der Waals surface area contributed by atoms with Gasteiger partial charge in [-0.2, -0.15) is 0 Å². The summed E-state index contributed by atoms with van der Waals surface area (Å²) in [6.07, 6.45) is 6.88. The molecule has 1 atom stereocenters. The summed E-state index contributed by atoms with van der Waals surface area (Å²) in [4.78, 5) is 0. The molecule has 0 amide bonds. The Balaban J connectivity index is 2.46. The molecule has 17 heavy (non-hydrogen) atoms. The summed E-state index contributed by atoms with van der Waals surface area (Å²) < 4.78 is 13.6. The molecule has 1 rings (SSSR count). The van der Waals surface area contributed by atoms with E-state index in [4.69, 9.17) is 17.3 Å². The van der Waals surface area contributed by atoms with Crippen molar-refractivity contribution in [1.29, 1.82) is 0 Å². The Kier molecular flexibility index (Phi) is 6.23. The predicted molar refractivity (Wildman–Crippen MR) is 71.6 cm³/mol. The minimum absolute atomic E-state index is 0.309. The molecule has 0 aliphatic rings. The Morgan fingerprint density at radius 2 is 2.12 bits per heavy atom. The molecule has 94 valence electrons. The molecule has 0 bridgehead atoms. The Hall–Kier alpha value is -0.860. The van der Waals surface area contributed by atoms with Crippen molar-refractivity contribution in [2.45, 2.75) is 38.1 Å². The molecule has 0 aromatic heterocycles. The molecule has 0 radical (unpaired) electrons. The van der Waals surface area contributed by atoms with E-state index >= 15 is 0 Å². The highest BCUT2D eigenvalue weighted by molar-refractivity contribution is 6.31. The smallest absolute Gasteiger partial charge is 0.129 e. The maximum atomic E-state index is 13.6. The molecule has 3 heteroatoms. The third-order valence-corrected chi connectivity index (χ3v) is 3.12. The Morgan fingerprint density at radius 3 is 2.76 bits per heavy atom. The molecule has 0 heterocycles. The Morgan fingerprint density at radius 1 is 1.35 bits per heavy atom. The maximum absolute atomic E-state index is 13.6. The van der Waals surface area contributed by atoms with Crippen LogP contribution in [0.2, 0.25) is 5.02 Å². The number of unbranched alkanes of at least 4 members (excludes halogenated alkanes) is 3. The molecule has 0 spiro atoms. The van der Waals surface area contributed by atoms with E-state index in [-0.39, 0.29) is 11.9 Å². The van der Waals surface area contributed by atoms with Crippen molar-refractivity contribution < 1.29 is 4.39 Å². The second-order valence-electron chi connectivity index (χ2n) is 4.17. The molecular weight excluding hydrogens is 237 g/mol. The van der Waals surface area contributed by atoms with E-state index in [0.717, 1.165) is 32.1 Å². The van der Waals surface area contributed by atoms with Crippen molar-refractivity contribution in [2.75, 3.05) is 0 Å². The fraction of sp³-hybridized carbons (Fsp3) is 0.429. The van der Waals surface area contributed by atoms with E-state index in [9.17, 15) is 4.39 Å². The number of allylic oxidation sites excluding steroid dienone is 1. The Bertz CT molecular complexity index is 345. The van der Waals surface area contributed by atoms with Gasteiger partial charge in [0.05, 0.1) is 0 Å². The average Bonchev–Trinajstić information content (AvgIpc) is 2.28. The van der Waals surface area contributed by atoms with Crippen LogP contribution in [0, 0.1) is 5.82 Å². The van der Waals surface area contributed by atoms with Crippen molar-refractivity contribution in [3.63, 3.8) is 0 Å². The van der Waals surface area contributed by atoms with Gasteiger partial charge in [0, 0.05) is 16.6 Å². The molecule has 1 unspecified atom stereocenters. The summed E-state index contributed by atoms with van der Waals surface area (Å²) >= 11 is 5.95. The normalized spacial score (nSPS) is 12.4. The second-order valence-corrected chi connectivity index (χ2v) is 4.58. The fourth-order valence-electron chi connectivity index (χ4n) is 1.84. The number of hydrogen-bond acceptors (Lipinski definition) is 1. The van der Waals surface area contributed by atoms with E-state index in [2.05, 4.69) is 6.58 Å². The summed E-state index contributed by atoms with van der Waals surface area (Å²) in [5.41, 5.74) is 6.41. The van der Waals surface area contributed by atoms with Crippen LogP contribution in [0.4, 0.5) is 4.39 Å². The van der Waals surface area contributed by atoms with Gasteiger partial charge >= 0.3 is 0 Å². The van der Waals surface area contributed by atoms with Crippen LogP contribution in [-0.4, -0.2) is 0 Å². The lowest BCUT2D eigenvalue weighted by molar-refractivity contribution is 0.535. The van der Waals surface area contributed by atoms with Crippen molar-refractivity contribution in [1.82, 2.24) is 0 Å². The molecule has 1 aromatic carbocycles. The summed E-state index contributed by atoms with van der Waals surface area (Å²) in [6, 6.07) is 4.36. The molecule has 1 nitrogen and oxygen atoms in total. The largest absolute Gasteiger partial charge is 0.324 e. The quantitative estimate of drug-likeness (QED) is 0.559. The molecule has 1 aromatic rings. The van der Waals surface area contributed by atoms with E-state index in [1.807, 2.05) is 6.08 Å². The van der Waals surface area contributed by atoms with Crippen LogP contribution in [-0.2, 0) is 0 Å². The van der Waals surface area contributed by atoms with Gasteiger partial charge in [0.25, 0.3) is 0 Å². The number of halogens is 2. The highest BCUT2D eigenvalue weighted by Gasteiger charge is 2.14. The van der Waals surface area contributed by atoms with E-state index < -0.39 is 0 Å². The van der Waals surface area contributed by atoms with Crippen LogP contribution < -0.4 is 5.73 Å². The zero-order chi connectivity index (χ0) is 12.7. The number of rotatable bonds is 7. The first-order chi connectivity index (χ1) is 8.16. The topological polar surface area (TPSA) is 26.0 Å². The van der Waals surface area contributed by atoms with Crippen LogP contribution >= 0.6 is 11.6 Å². The molecule has 0 aliphatic carbocycles. The third kappa shape index (κ3) is 4.49. The van der Waals surface area contributed by atoms with Crippen molar-refractivity contribution >= 4 is 11.6 Å². The zero-order valence-electron chi connectivity index (χ0n) is 9.96. The lowest BCUT2D eigenvalue weighted by atomic mass is 10.0. The van der Waals surface area contributed by atoms with Crippen LogP contribution in [0.3, 0.4) is 0 Å². The summed E-state index contributed by atoms with van der Waals surface area (Å²) in [5, 5.41) is 0.420. The molecule has 0 saturated heterocycles. The summed E-state index contributed by atoms with van der Waals surface area (Å²) in [7, 11) is 0. The van der Waals surface area contributed by atoms with Crippen LogP contribution in [0.15, 0.2) is 30.9 Å². The van der Waals surface area contributed by atoms with E-state index in [0.29, 0.717) is 10.6 Å². The second kappa shape index (κ2) is 7.46. The van der Waals surface area contributed by atoms with Gasteiger partial charge in [-0.15, -0.1) is 6.58 Å². The van der Waals surface area contributed by atoms with Gasteiger partial charge in [-0.1, -0.05) is 36.6 Å². The average molecular weight is 256 g/mol. The number of benzene rings is 1. The molecule has 0 fully saturated rings. The maximum Gasteiger partial charge on any atom is 0.129 e. The van der Waals surface area contributed by atoms with Crippen molar-refractivity contribution in [2.24, 2.45) is 5.73 Å². The zero-order valence-corrected chi connectivity index (χ0v) is 10.7.